The summed E-state index contributed by atoms with van der Waals surface area (Å²) in [4.78, 5) is 17.1. The second-order valence-electron chi connectivity index (χ2n) is 5.26. The highest BCUT2D eigenvalue weighted by Crippen LogP contribution is 2.11. The standard InChI is InChI=1S/C18H24N4O2S.HI/c1-3-19-17(20-11-10-16-5-4-12-25-16)21-13-14-6-8-15(9-7-14)22-18(23)24-2;/h4-9,12H,3,10-11,13H2,1-2H3,(H,22,23)(H2,19,20,21);1H. The number of hydrogen-bond acceptors (Lipinski definition) is 4. The molecule has 0 atom stereocenters. The maximum Gasteiger partial charge on any atom is 0.411 e. The molecule has 142 valence electrons. The van der Waals surface area contributed by atoms with Crippen LogP contribution in [0.15, 0.2) is 46.8 Å². The van der Waals surface area contributed by atoms with Crippen LogP contribution in [0.25, 0.3) is 0 Å². The average molecular weight is 488 g/mol. The fourth-order valence-electron chi connectivity index (χ4n) is 2.13. The van der Waals surface area contributed by atoms with Crippen LogP contribution in [0.3, 0.4) is 0 Å². The lowest BCUT2D eigenvalue weighted by molar-refractivity contribution is 0.187. The summed E-state index contributed by atoms with van der Waals surface area (Å²) in [5, 5.41) is 11.3. The minimum Gasteiger partial charge on any atom is -0.453 e. The van der Waals surface area contributed by atoms with Crippen LogP contribution in [0.1, 0.15) is 17.4 Å². The van der Waals surface area contributed by atoms with Crippen molar-refractivity contribution < 1.29 is 9.53 Å². The fraction of sp³-hybridized carbons (Fsp3) is 0.333. The van der Waals surface area contributed by atoms with E-state index in [9.17, 15) is 4.79 Å². The highest BCUT2D eigenvalue weighted by molar-refractivity contribution is 14.0. The van der Waals surface area contributed by atoms with Gasteiger partial charge in [-0.3, -0.25) is 5.32 Å². The summed E-state index contributed by atoms with van der Waals surface area (Å²) in [5.74, 6) is 0.802. The normalized spacial score (nSPS) is 10.6. The molecule has 6 nitrogen and oxygen atoms in total. The fourth-order valence-corrected chi connectivity index (χ4v) is 2.84. The third-order valence-corrected chi connectivity index (χ3v) is 4.33. The van der Waals surface area contributed by atoms with E-state index in [4.69, 9.17) is 0 Å². The third kappa shape index (κ3) is 8.05. The van der Waals surface area contributed by atoms with E-state index in [1.54, 1.807) is 11.3 Å². The molecule has 2 rings (SSSR count). The Bertz CT molecular complexity index is 675. The minimum atomic E-state index is -0.477. The number of benzene rings is 1. The van der Waals surface area contributed by atoms with Gasteiger partial charge in [0.15, 0.2) is 5.96 Å². The second-order valence-corrected chi connectivity index (χ2v) is 6.30. The van der Waals surface area contributed by atoms with Crippen LogP contribution in [0.5, 0.6) is 0 Å². The van der Waals surface area contributed by atoms with Crippen molar-refractivity contribution in [2.45, 2.75) is 19.9 Å². The van der Waals surface area contributed by atoms with E-state index in [-0.39, 0.29) is 24.0 Å². The van der Waals surface area contributed by atoms with Gasteiger partial charge in [-0.2, -0.15) is 0 Å². The Morgan fingerprint density at radius 2 is 1.96 bits per heavy atom. The number of ether oxygens (including phenoxy) is 1. The minimum absolute atomic E-state index is 0. The number of thiophene rings is 1. The van der Waals surface area contributed by atoms with Crippen LogP contribution in [-0.2, 0) is 17.7 Å². The lowest BCUT2D eigenvalue weighted by Crippen LogP contribution is -2.38. The van der Waals surface area contributed by atoms with Gasteiger partial charge >= 0.3 is 6.09 Å². The number of methoxy groups -OCH3 is 1. The van der Waals surface area contributed by atoms with Crippen LogP contribution in [-0.4, -0.2) is 32.3 Å². The zero-order chi connectivity index (χ0) is 17.9. The SMILES string of the molecule is CCNC(=NCc1ccc(NC(=O)OC)cc1)NCCc1cccs1.I. The van der Waals surface area contributed by atoms with Gasteiger partial charge in [-0.1, -0.05) is 18.2 Å². The second kappa shape index (κ2) is 12.5. The molecule has 8 heteroatoms. The predicted molar refractivity (Wildman–Crippen MR) is 119 cm³/mol. The smallest absolute Gasteiger partial charge is 0.411 e. The predicted octanol–water partition coefficient (Wildman–Crippen LogP) is 3.84. The van der Waals surface area contributed by atoms with Gasteiger partial charge in [0.2, 0.25) is 0 Å². The number of anilines is 1. The van der Waals surface area contributed by atoms with Gasteiger partial charge in [0, 0.05) is 23.7 Å². The lowest BCUT2D eigenvalue weighted by Gasteiger charge is -2.11. The number of rotatable bonds is 7. The van der Waals surface area contributed by atoms with E-state index in [1.165, 1.54) is 12.0 Å². The maximum absolute atomic E-state index is 11.2. The number of aliphatic imine (C=N–C) groups is 1. The molecule has 0 bridgehead atoms. The van der Waals surface area contributed by atoms with Gasteiger partial charge in [0.25, 0.3) is 0 Å². The van der Waals surface area contributed by atoms with Gasteiger partial charge in [0.05, 0.1) is 13.7 Å². The third-order valence-electron chi connectivity index (χ3n) is 3.39. The first-order valence-corrected chi connectivity index (χ1v) is 9.07. The van der Waals surface area contributed by atoms with E-state index in [2.05, 4.69) is 43.2 Å². The average Bonchev–Trinajstić information content (AvgIpc) is 3.14. The molecule has 1 aromatic carbocycles. The Morgan fingerprint density at radius 1 is 1.19 bits per heavy atom. The molecule has 0 radical (unpaired) electrons. The summed E-state index contributed by atoms with van der Waals surface area (Å²) in [5.41, 5.74) is 1.76. The molecule has 0 aliphatic carbocycles. The quantitative estimate of drug-likeness (QED) is 0.315. The highest BCUT2D eigenvalue weighted by atomic mass is 127. The summed E-state index contributed by atoms with van der Waals surface area (Å²) < 4.78 is 4.57. The van der Waals surface area contributed by atoms with Crippen molar-refractivity contribution in [3.8, 4) is 0 Å². The number of amides is 1. The molecule has 1 heterocycles. The van der Waals surface area contributed by atoms with Crippen molar-refractivity contribution in [3.05, 3.63) is 52.2 Å². The number of nitrogens with zero attached hydrogens (tertiary/aromatic N) is 1. The molecule has 0 aliphatic rings. The summed E-state index contributed by atoms with van der Waals surface area (Å²) >= 11 is 1.77. The molecule has 2 aromatic rings. The van der Waals surface area contributed by atoms with Crippen molar-refractivity contribution in [1.29, 1.82) is 0 Å². The first-order chi connectivity index (χ1) is 12.2. The monoisotopic (exact) mass is 488 g/mol. The van der Waals surface area contributed by atoms with E-state index < -0.39 is 6.09 Å². The Morgan fingerprint density at radius 3 is 2.58 bits per heavy atom. The molecule has 0 saturated carbocycles. The maximum atomic E-state index is 11.2. The Labute approximate surface area is 175 Å². The summed E-state index contributed by atoms with van der Waals surface area (Å²) in [6.07, 6.45) is 0.505. The van der Waals surface area contributed by atoms with Crippen molar-refractivity contribution in [1.82, 2.24) is 10.6 Å². The number of carbonyl (C=O) groups is 1. The Balaban J connectivity index is 0.00000338. The first-order valence-electron chi connectivity index (χ1n) is 8.19. The number of nitrogens with one attached hydrogen (secondary N) is 3. The summed E-state index contributed by atoms with van der Waals surface area (Å²) in [6.45, 7) is 4.26. The van der Waals surface area contributed by atoms with Crippen LogP contribution < -0.4 is 16.0 Å². The highest BCUT2D eigenvalue weighted by Gasteiger charge is 2.01. The van der Waals surface area contributed by atoms with Gasteiger partial charge < -0.3 is 15.4 Å². The van der Waals surface area contributed by atoms with Crippen molar-refractivity contribution >= 4 is 53.1 Å². The molecule has 26 heavy (non-hydrogen) atoms. The molecule has 0 aliphatic heterocycles. The molecule has 3 N–H and O–H groups in total. The van der Waals surface area contributed by atoms with Gasteiger partial charge in [-0.15, -0.1) is 35.3 Å². The van der Waals surface area contributed by atoms with Crippen molar-refractivity contribution in [2.24, 2.45) is 4.99 Å². The van der Waals surface area contributed by atoms with E-state index in [0.29, 0.717) is 12.2 Å². The zero-order valence-electron chi connectivity index (χ0n) is 15.0. The Hall–Kier alpha value is -1.81. The molecule has 0 unspecified atom stereocenters. The molecule has 1 amide bonds. The van der Waals surface area contributed by atoms with Crippen LogP contribution in [0.2, 0.25) is 0 Å². The van der Waals surface area contributed by atoms with Crippen LogP contribution in [0.4, 0.5) is 10.5 Å². The molecular weight excluding hydrogens is 463 g/mol. The largest absolute Gasteiger partial charge is 0.453 e. The number of hydrogen-bond donors (Lipinski definition) is 3. The van der Waals surface area contributed by atoms with Crippen molar-refractivity contribution in [3.63, 3.8) is 0 Å². The Kier molecular flexibility index (Phi) is 10.7. The van der Waals surface area contributed by atoms with Crippen molar-refractivity contribution in [2.75, 3.05) is 25.5 Å². The van der Waals surface area contributed by atoms with Gasteiger partial charge in [-0.05, 0) is 42.5 Å². The molecule has 0 spiro atoms. The van der Waals surface area contributed by atoms with Gasteiger partial charge in [-0.25, -0.2) is 9.79 Å². The number of halogens is 1. The zero-order valence-corrected chi connectivity index (χ0v) is 18.1. The lowest BCUT2D eigenvalue weighted by atomic mass is 10.2. The van der Waals surface area contributed by atoms with Crippen LogP contribution >= 0.6 is 35.3 Å². The number of guanidine groups is 1. The topological polar surface area (TPSA) is 74.8 Å². The van der Waals surface area contributed by atoms with E-state index >= 15 is 0 Å². The van der Waals surface area contributed by atoms with E-state index in [1.807, 2.05) is 31.2 Å². The summed E-state index contributed by atoms with van der Waals surface area (Å²) in [6, 6.07) is 11.7. The molecule has 0 saturated heterocycles. The molecule has 0 fully saturated rings. The van der Waals surface area contributed by atoms with Gasteiger partial charge in [0.1, 0.15) is 0 Å². The first kappa shape index (κ1) is 22.2. The molecular formula is C18H25IN4O2S. The molecule has 1 aromatic heterocycles. The number of carbonyl (C=O) groups excluding carboxylic acids is 1. The van der Waals surface area contributed by atoms with Crippen LogP contribution in [0, 0.1) is 0 Å². The van der Waals surface area contributed by atoms with E-state index in [0.717, 1.165) is 31.0 Å². The summed E-state index contributed by atoms with van der Waals surface area (Å²) in [7, 11) is 1.34.